The third-order valence-electron chi connectivity index (χ3n) is 5.73. The number of nitrogens with zero attached hydrogens (tertiary/aromatic N) is 1. The number of rotatable bonds is 1. The number of fused-ring (bicyclic) bond motifs is 1. The molecule has 2 heteroatoms. The second kappa shape index (κ2) is 4.99. The number of hydrogen-bond acceptors (Lipinski definition) is 2. The molecule has 0 unspecified atom stereocenters. The Bertz CT molecular complexity index is 737. The van der Waals surface area contributed by atoms with E-state index in [1.54, 1.807) is 0 Å². The number of ketones is 1. The van der Waals surface area contributed by atoms with Crippen LogP contribution in [0.5, 0.6) is 0 Å². The maximum Gasteiger partial charge on any atom is 0.190 e. The first-order chi connectivity index (χ1) is 11.3. The number of hydrogen-bond donors (Lipinski definition) is 0. The van der Waals surface area contributed by atoms with Gasteiger partial charge < -0.3 is 4.90 Å². The Balaban J connectivity index is 2.26. The molecule has 1 aromatic rings. The van der Waals surface area contributed by atoms with Crippen molar-refractivity contribution in [1.82, 2.24) is 4.90 Å². The van der Waals surface area contributed by atoms with E-state index in [0.29, 0.717) is 5.78 Å². The molecule has 0 aromatic heterocycles. The number of carbonyl (C=O) groups excluding carboxylic acids is 1. The highest BCUT2D eigenvalue weighted by atomic mass is 16.1. The molecule has 136 valence electrons. The molecule has 2 nitrogen and oxygen atoms in total. The average molecular weight is 340 g/mol. The van der Waals surface area contributed by atoms with Crippen LogP contribution in [0.25, 0.3) is 0 Å². The van der Waals surface area contributed by atoms with Crippen LogP contribution in [0.3, 0.4) is 0 Å². The third-order valence-corrected chi connectivity index (χ3v) is 5.73. The summed E-state index contributed by atoms with van der Waals surface area (Å²) < 4.78 is 0. The van der Waals surface area contributed by atoms with E-state index in [1.165, 1.54) is 11.3 Å². The molecule has 0 aliphatic carbocycles. The molecule has 0 bridgehead atoms. The van der Waals surface area contributed by atoms with E-state index in [2.05, 4.69) is 79.3 Å². The van der Waals surface area contributed by atoms with Crippen LogP contribution in [0.15, 0.2) is 41.6 Å². The predicted molar refractivity (Wildman–Crippen MR) is 104 cm³/mol. The summed E-state index contributed by atoms with van der Waals surface area (Å²) in [6.07, 6.45) is 0. The van der Waals surface area contributed by atoms with Crippen molar-refractivity contribution in [2.24, 2.45) is 16.2 Å². The van der Waals surface area contributed by atoms with E-state index in [0.717, 1.165) is 5.56 Å². The van der Waals surface area contributed by atoms with Crippen molar-refractivity contribution in [3.05, 3.63) is 47.2 Å². The summed E-state index contributed by atoms with van der Waals surface area (Å²) in [6, 6.07) is 10.1. The van der Waals surface area contributed by atoms with Gasteiger partial charge in [-0.2, -0.15) is 0 Å². The minimum Gasteiger partial charge on any atom is -0.343 e. The predicted octanol–water partition coefficient (Wildman–Crippen LogP) is 5.76. The third kappa shape index (κ3) is 2.19. The molecule has 3 rings (SSSR count). The molecule has 2 aliphatic rings. The number of benzene rings is 1. The standard InChI is InChI=1S/C23H33NO/c1-20(2,3)17-18(21(4,5)6)24-16(15-13-11-10-12-14-15)19(25)23(17,24)22(7,8)9/h10-14,16H,1-9H3/t16-,23+/m0/s1. The first-order valence-electron chi connectivity index (χ1n) is 9.40. The summed E-state index contributed by atoms with van der Waals surface area (Å²) in [5.41, 5.74) is 3.22. The molecule has 1 saturated heterocycles. The van der Waals surface area contributed by atoms with Crippen molar-refractivity contribution in [1.29, 1.82) is 0 Å². The molecular weight excluding hydrogens is 306 g/mol. The van der Waals surface area contributed by atoms with Crippen molar-refractivity contribution < 1.29 is 4.79 Å². The van der Waals surface area contributed by atoms with Crippen LogP contribution < -0.4 is 0 Å². The fourth-order valence-corrected chi connectivity index (χ4v) is 5.02. The summed E-state index contributed by atoms with van der Waals surface area (Å²) in [5, 5.41) is 0. The van der Waals surface area contributed by atoms with Crippen LogP contribution >= 0.6 is 0 Å². The molecule has 0 radical (unpaired) electrons. The molecule has 2 atom stereocenters. The van der Waals surface area contributed by atoms with Gasteiger partial charge in [-0.15, -0.1) is 0 Å². The minimum atomic E-state index is -0.464. The molecule has 0 amide bonds. The van der Waals surface area contributed by atoms with E-state index >= 15 is 0 Å². The van der Waals surface area contributed by atoms with Gasteiger partial charge >= 0.3 is 0 Å². The van der Waals surface area contributed by atoms with Crippen molar-refractivity contribution in [2.75, 3.05) is 0 Å². The maximum atomic E-state index is 13.6. The first-order valence-corrected chi connectivity index (χ1v) is 9.40. The largest absolute Gasteiger partial charge is 0.343 e. The van der Waals surface area contributed by atoms with Gasteiger partial charge in [-0.1, -0.05) is 92.6 Å². The van der Waals surface area contributed by atoms with E-state index in [4.69, 9.17) is 0 Å². The van der Waals surface area contributed by atoms with Crippen LogP contribution in [0, 0.1) is 16.2 Å². The zero-order chi connectivity index (χ0) is 19.0. The van der Waals surface area contributed by atoms with Crippen LogP contribution in [-0.2, 0) is 4.79 Å². The lowest BCUT2D eigenvalue weighted by Crippen LogP contribution is -2.83. The van der Waals surface area contributed by atoms with Crippen LogP contribution in [-0.4, -0.2) is 16.2 Å². The molecule has 0 spiro atoms. The molecule has 0 N–H and O–H groups in total. The molecule has 2 aliphatic heterocycles. The van der Waals surface area contributed by atoms with E-state index in [9.17, 15) is 4.79 Å². The van der Waals surface area contributed by atoms with Gasteiger partial charge in [0, 0.05) is 11.1 Å². The summed E-state index contributed by atoms with van der Waals surface area (Å²) >= 11 is 0. The molecular formula is C23H33NO. The molecule has 25 heavy (non-hydrogen) atoms. The van der Waals surface area contributed by atoms with Gasteiger partial charge in [0.2, 0.25) is 0 Å². The van der Waals surface area contributed by atoms with Crippen molar-refractivity contribution in [2.45, 2.75) is 73.9 Å². The van der Waals surface area contributed by atoms with E-state index in [1.807, 2.05) is 18.2 Å². The Labute approximate surface area is 153 Å². The highest BCUT2D eigenvalue weighted by Gasteiger charge is 2.76. The number of allylic oxidation sites excluding steroid dienone is 1. The highest BCUT2D eigenvalue weighted by Crippen LogP contribution is 2.70. The summed E-state index contributed by atoms with van der Waals surface area (Å²) in [4.78, 5) is 16.1. The van der Waals surface area contributed by atoms with E-state index < -0.39 is 5.54 Å². The fourth-order valence-electron chi connectivity index (χ4n) is 5.02. The normalized spacial score (nSPS) is 27.0. The lowest BCUT2D eigenvalue weighted by molar-refractivity contribution is -0.180. The Hall–Kier alpha value is -1.57. The molecule has 0 saturated carbocycles. The lowest BCUT2D eigenvalue weighted by atomic mass is 9.46. The van der Waals surface area contributed by atoms with Crippen molar-refractivity contribution >= 4 is 5.78 Å². The quantitative estimate of drug-likeness (QED) is 0.648. The van der Waals surface area contributed by atoms with Crippen molar-refractivity contribution in [3.8, 4) is 0 Å². The Kier molecular flexibility index (Phi) is 3.64. The summed E-state index contributed by atoms with van der Waals surface area (Å²) in [6.45, 7) is 20.2. The highest BCUT2D eigenvalue weighted by molar-refractivity contribution is 6.07. The van der Waals surface area contributed by atoms with Crippen molar-refractivity contribution in [3.63, 3.8) is 0 Å². The van der Waals surface area contributed by atoms with E-state index in [-0.39, 0.29) is 22.3 Å². The van der Waals surface area contributed by atoms with Crippen LogP contribution in [0.2, 0.25) is 0 Å². The molecule has 1 fully saturated rings. The monoisotopic (exact) mass is 339 g/mol. The number of Topliss-reactive ketones (excluding diaryl/α,β-unsaturated/α-hetero) is 1. The number of carbonyl (C=O) groups is 1. The summed E-state index contributed by atoms with van der Waals surface area (Å²) in [5.74, 6) is 0.365. The SMILES string of the molecule is CC(C)(C)C1=C(C(C)(C)C)[C@]2(C(C)(C)C)C(=O)[C@H](c3ccccc3)N12. The Morgan fingerprint density at radius 1 is 0.840 bits per heavy atom. The van der Waals surface area contributed by atoms with Gasteiger partial charge in [-0.3, -0.25) is 4.79 Å². The molecule has 1 aromatic carbocycles. The first kappa shape index (κ1) is 18.2. The molecule has 2 heterocycles. The Morgan fingerprint density at radius 3 is 1.76 bits per heavy atom. The fraction of sp³-hybridized carbons (Fsp3) is 0.609. The van der Waals surface area contributed by atoms with Gasteiger partial charge in [0.05, 0.1) is 0 Å². The lowest BCUT2D eigenvalue weighted by Gasteiger charge is -2.75. The van der Waals surface area contributed by atoms with Gasteiger partial charge in [0.1, 0.15) is 11.6 Å². The maximum absolute atomic E-state index is 13.6. The van der Waals surface area contributed by atoms with Gasteiger partial charge in [0.15, 0.2) is 5.78 Å². The van der Waals surface area contributed by atoms with Crippen LogP contribution in [0.1, 0.15) is 73.9 Å². The van der Waals surface area contributed by atoms with Gasteiger partial charge in [-0.05, 0) is 22.0 Å². The average Bonchev–Trinajstić information content (AvgIpc) is 2.39. The zero-order valence-corrected chi connectivity index (χ0v) is 17.3. The minimum absolute atomic E-state index is 0.0189. The Morgan fingerprint density at radius 2 is 1.36 bits per heavy atom. The second-order valence-corrected chi connectivity index (χ2v) is 10.7. The topological polar surface area (TPSA) is 20.3 Å². The zero-order valence-electron chi connectivity index (χ0n) is 17.3. The second-order valence-electron chi connectivity index (χ2n) is 10.7. The van der Waals surface area contributed by atoms with Gasteiger partial charge in [0.25, 0.3) is 0 Å². The smallest absolute Gasteiger partial charge is 0.190 e. The summed E-state index contributed by atoms with van der Waals surface area (Å²) in [7, 11) is 0. The van der Waals surface area contributed by atoms with Gasteiger partial charge in [-0.25, -0.2) is 0 Å². The van der Waals surface area contributed by atoms with Crippen LogP contribution in [0.4, 0.5) is 0 Å².